The molecule has 0 aliphatic carbocycles. The van der Waals surface area contributed by atoms with Crippen molar-refractivity contribution in [3.05, 3.63) is 53.6 Å². The van der Waals surface area contributed by atoms with Crippen molar-refractivity contribution < 1.29 is 22.0 Å². The van der Waals surface area contributed by atoms with E-state index in [0.29, 0.717) is 0 Å². The highest BCUT2D eigenvalue weighted by molar-refractivity contribution is 7.90. The summed E-state index contributed by atoms with van der Waals surface area (Å²) >= 11 is 0.937. The molecule has 24 heavy (non-hydrogen) atoms. The molecule has 3 aromatic rings. The number of anilines is 1. The minimum Gasteiger partial charge on any atom is -0.298 e. The van der Waals surface area contributed by atoms with E-state index < -0.39 is 27.4 Å². The molecular weight excluding hydrogens is 358 g/mol. The minimum absolute atomic E-state index is 0.0240. The number of fused-ring (bicyclic) bond motifs is 1. The number of thiazole rings is 1. The van der Waals surface area contributed by atoms with E-state index in [1.807, 2.05) is 0 Å². The number of aromatic nitrogens is 1. The first-order chi connectivity index (χ1) is 11.2. The predicted octanol–water partition coefficient (Wildman–Crippen LogP) is 3.23. The second-order valence-corrected chi connectivity index (χ2v) is 8.05. The molecular formula is C15H10F2N2O3S2. The topological polar surface area (TPSA) is 76.1 Å². The number of hydrogen-bond donors (Lipinski definition) is 1. The standard InChI is InChI=1S/C15H10F2N2O3S2/c1-24(21,22)10-4-2-8(3-5-10)14(20)19-15-18-13-11(17)6-9(16)7-12(13)23-15/h2-7H,1H3,(H,18,19,20). The molecule has 3 rings (SSSR count). The number of carbonyl (C=O) groups is 1. The summed E-state index contributed by atoms with van der Waals surface area (Å²) in [6, 6.07) is 7.21. The SMILES string of the molecule is CS(=O)(=O)c1ccc(C(=O)Nc2nc3c(F)cc(F)cc3s2)cc1. The summed E-state index contributed by atoms with van der Waals surface area (Å²) in [7, 11) is -3.35. The number of carbonyl (C=O) groups excluding carboxylic acids is 1. The smallest absolute Gasteiger partial charge is 0.257 e. The van der Waals surface area contributed by atoms with E-state index in [1.165, 1.54) is 24.3 Å². The Bertz CT molecular complexity index is 1040. The molecule has 5 nitrogen and oxygen atoms in total. The average Bonchev–Trinajstić information content (AvgIpc) is 2.89. The number of sulfone groups is 1. The van der Waals surface area contributed by atoms with Crippen molar-refractivity contribution in [1.82, 2.24) is 4.98 Å². The number of amides is 1. The highest BCUT2D eigenvalue weighted by Crippen LogP contribution is 2.29. The first-order valence-corrected chi connectivity index (χ1v) is 9.32. The molecule has 0 bridgehead atoms. The van der Waals surface area contributed by atoms with Crippen molar-refractivity contribution in [2.75, 3.05) is 11.6 Å². The largest absolute Gasteiger partial charge is 0.298 e. The molecule has 0 unspecified atom stereocenters. The van der Waals surface area contributed by atoms with Crippen molar-refractivity contribution in [1.29, 1.82) is 0 Å². The van der Waals surface area contributed by atoms with Crippen LogP contribution in [-0.4, -0.2) is 25.6 Å². The van der Waals surface area contributed by atoms with Gasteiger partial charge in [0, 0.05) is 17.9 Å². The van der Waals surface area contributed by atoms with Gasteiger partial charge in [0.1, 0.15) is 11.3 Å². The third-order valence-electron chi connectivity index (χ3n) is 3.18. The molecule has 0 spiro atoms. The van der Waals surface area contributed by atoms with Crippen LogP contribution in [0, 0.1) is 11.6 Å². The lowest BCUT2D eigenvalue weighted by Crippen LogP contribution is -2.11. The van der Waals surface area contributed by atoms with E-state index in [1.54, 1.807) is 0 Å². The summed E-state index contributed by atoms with van der Waals surface area (Å²) in [6.45, 7) is 0. The Labute approximate surface area is 139 Å². The lowest BCUT2D eigenvalue weighted by molar-refractivity contribution is 0.102. The molecule has 0 saturated carbocycles. The Morgan fingerprint density at radius 1 is 1.17 bits per heavy atom. The molecule has 9 heteroatoms. The monoisotopic (exact) mass is 368 g/mol. The fourth-order valence-corrected chi connectivity index (χ4v) is 3.56. The van der Waals surface area contributed by atoms with Gasteiger partial charge in [-0.15, -0.1) is 0 Å². The van der Waals surface area contributed by atoms with Crippen LogP contribution >= 0.6 is 11.3 Å². The predicted molar refractivity (Wildman–Crippen MR) is 87.0 cm³/mol. The van der Waals surface area contributed by atoms with E-state index in [2.05, 4.69) is 10.3 Å². The van der Waals surface area contributed by atoms with Crippen molar-refractivity contribution in [3.63, 3.8) is 0 Å². The maximum atomic E-state index is 13.6. The Balaban J connectivity index is 1.86. The number of benzene rings is 2. The molecule has 0 atom stereocenters. The summed E-state index contributed by atoms with van der Waals surface area (Å²) in [5.41, 5.74) is 0.192. The molecule has 0 fully saturated rings. The van der Waals surface area contributed by atoms with E-state index >= 15 is 0 Å². The average molecular weight is 368 g/mol. The summed E-state index contributed by atoms with van der Waals surface area (Å²) in [4.78, 5) is 16.2. The highest BCUT2D eigenvalue weighted by atomic mass is 32.2. The van der Waals surface area contributed by atoms with Gasteiger partial charge in [-0.25, -0.2) is 22.2 Å². The third-order valence-corrected chi connectivity index (χ3v) is 5.22. The molecule has 1 aromatic heterocycles. The summed E-state index contributed by atoms with van der Waals surface area (Å²) in [5.74, 6) is -2.06. The van der Waals surface area contributed by atoms with E-state index in [9.17, 15) is 22.0 Å². The van der Waals surface area contributed by atoms with E-state index in [-0.39, 0.29) is 25.8 Å². The lowest BCUT2D eigenvalue weighted by Gasteiger charge is -2.03. The summed E-state index contributed by atoms with van der Waals surface area (Å²) in [6.07, 6.45) is 1.07. The van der Waals surface area contributed by atoms with Gasteiger partial charge >= 0.3 is 0 Å². The van der Waals surface area contributed by atoms with Crippen molar-refractivity contribution >= 4 is 42.4 Å². The molecule has 1 N–H and O–H groups in total. The molecule has 1 amide bonds. The first kappa shape index (κ1) is 16.5. The zero-order chi connectivity index (χ0) is 17.5. The number of halogens is 2. The van der Waals surface area contributed by atoms with Crippen LogP contribution in [0.15, 0.2) is 41.3 Å². The van der Waals surface area contributed by atoms with Crippen LogP contribution in [0.25, 0.3) is 10.2 Å². The zero-order valence-corrected chi connectivity index (χ0v) is 13.8. The molecule has 0 aliphatic heterocycles. The fourth-order valence-electron chi connectivity index (χ4n) is 2.03. The van der Waals surface area contributed by atoms with Crippen LogP contribution in [-0.2, 0) is 9.84 Å². The number of nitrogens with one attached hydrogen (secondary N) is 1. The molecule has 0 aliphatic rings. The number of hydrogen-bond acceptors (Lipinski definition) is 5. The van der Waals surface area contributed by atoms with Crippen molar-refractivity contribution in [2.24, 2.45) is 0 Å². The van der Waals surface area contributed by atoms with Crippen LogP contribution in [0.3, 0.4) is 0 Å². The van der Waals surface area contributed by atoms with Crippen LogP contribution in [0.2, 0.25) is 0 Å². The Morgan fingerprint density at radius 2 is 1.83 bits per heavy atom. The first-order valence-electron chi connectivity index (χ1n) is 6.61. The second kappa shape index (κ2) is 5.91. The van der Waals surface area contributed by atoms with Crippen molar-refractivity contribution in [2.45, 2.75) is 4.90 Å². The summed E-state index contributed by atoms with van der Waals surface area (Å²) < 4.78 is 49.8. The van der Waals surface area contributed by atoms with E-state index in [4.69, 9.17) is 0 Å². The normalized spacial score (nSPS) is 11.6. The van der Waals surface area contributed by atoms with Crippen LogP contribution in [0.4, 0.5) is 13.9 Å². The highest BCUT2D eigenvalue weighted by Gasteiger charge is 2.14. The van der Waals surface area contributed by atoms with Gasteiger partial charge in [0.15, 0.2) is 20.8 Å². The Hall–Kier alpha value is -2.39. The zero-order valence-electron chi connectivity index (χ0n) is 12.2. The van der Waals surface area contributed by atoms with Gasteiger partial charge in [-0.1, -0.05) is 11.3 Å². The molecule has 0 saturated heterocycles. The number of nitrogens with zero attached hydrogens (tertiary/aromatic N) is 1. The van der Waals surface area contributed by atoms with Gasteiger partial charge in [0.25, 0.3) is 5.91 Å². The van der Waals surface area contributed by atoms with Crippen LogP contribution in [0.1, 0.15) is 10.4 Å². The lowest BCUT2D eigenvalue weighted by atomic mass is 10.2. The van der Waals surface area contributed by atoms with Gasteiger partial charge in [-0.05, 0) is 30.3 Å². The van der Waals surface area contributed by atoms with Gasteiger partial charge < -0.3 is 0 Å². The second-order valence-electron chi connectivity index (χ2n) is 5.00. The third kappa shape index (κ3) is 3.26. The Kier molecular flexibility index (Phi) is 4.06. The molecule has 0 radical (unpaired) electrons. The van der Waals surface area contributed by atoms with Gasteiger partial charge in [0.2, 0.25) is 0 Å². The molecule has 2 aromatic carbocycles. The number of rotatable bonds is 3. The van der Waals surface area contributed by atoms with Crippen LogP contribution < -0.4 is 5.32 Å². The molecule has 1 heterocycles. The quantitative estimate of drug-likeness (QED) is 0.770. The fraction of sp³-hybridized carbons (Fsp3) is 0.0667. The van der Waals surface area contributed by atoms with E-state index in [0.717, 1.165) is 29.7 Å². The van der Waals surface area contributed by atoms with Gasteiger partial charge in [0.05, 0.1) is 9.60 Å². The minimum atomic E-state index is -3.35. The maximum absolute atomic E-state index is 13.6. The molecule has 124 valence electrons. The maximum Gasteiger partial charge on any atom is 0.257 e. The van der Waals surface area contributed by atoms with Crippen LogP contribution in [0.5, 0.6) is 0 Å². The van der Waals surface area contributed by atoms with Gasteiger partial charge in [-0.2, -0.15) is 0 Å². The Morgan fingerprint density at radius 3 is 2.46 bits per heavy atom. The van der Waals surface area contributed by atoms with Crippen molar-refractivity contribution in [3.8, 4) is 0 Å². The van der Waals surface area contributed by atoms with Gasteiger partial charge in [-0.3, -0.25) is 10.1 Å². The summed E-state index contributed by atoms with van der Waals surface area (Å²) in [5, 5.41) is 2.60.